The van der Waals surface area contributed by atoms with Gasteiger partial charge >= 0.3 is 29.6 Å². The first-order valence-electron chi connectivity index (χ1n) is 12.8. The number of carboxylic acids is 1. The minimum Gasteiger partial charge on any atom is -0.549 e. The number of amides is 1. The molecule has 1 atom stereocenters. The first-order valence-corrected chi connectivity index (χ1v) is 14.0. The van der Waals surface area contributed by atoms with Gasteiger partial charge in [0.25, 0.3) is 5.91 Å². The average molecular weight is 653 g/mol. The smallest absolute Gasteiger partial charge is 0.549 e. The van der Waals surface area contributed by atoms with Crippen LogP contribution in [0.1, 0.15) is 33.8 Å². The first-order chi connectivity index (χ1) is 20.2. The summed E-state index contributed by atoms with van der Waals surface area (Å²) in [4.78, 5) is 30.9. The molecule has 0 N–H and O–H groups in total. The SMILES string of the molecule is O=C([O-])C1CCOc2cc(Oc3ccc(C(=O)N(CCc4cccc(F)c4)Oc4ccc(Cl)c(Cl)c4)cc3)c(Cl)cc21.[Na+]. The van der Waals surface area contributed by atoms with Crippen LogP contribution in [0.15, 0.2) is 78.9 Å². The van der Waals surface area contributed by atoms with E-state index in [-0.39, 0.29) is 70.7 Å². The number of nitrogens with zero attached hydrogens (tertiary/aromatic N) is 1. The molecule has 0 spiro atoms. The molecule has 1 heterocycles. The van der Waals surface area contributed by atoms with Gasteiger partial charge in [0.2, 0.25) is 0 Å². The summed E-state index contributed by atoms with van der Waals surface area (Å²) in [5.74, 6) is -1.57. The number of carbonyl (C=O) groups excluding carboxylic acids is 2. The van der Waals surface area contributed by atoms with Gasteiger partial charge < -0.3 is 24.2 Å². The summed E-state index contributed by atoms with van der Waals surface area (Å²) in [6.45, 7) is 0.335. The molecule has 12 heteroatoms. The molecule has 7 nitrogen and oxygen atoms in total. The fourth-order valence-corrected chi connectivity index (χ4v) is 4.92. The van der Waals surface area contributed by atoms with Gasteiger partial charge in [-0.3, -0.25) is 4.79 Å². The number of hydrogen-bond donors (Lipinski definition) is 0. The molecule has 1 amide bonds. The second kappa shape index (κ2) is 14.7. The van der Waals surface area contributed by atoms with Gasteiger partial charge in [-0.2, -0.15) is 5.06 Å². The van der Waals surface area contributed by atoms with Crippen molar-refractivity contribution in [1.29, 1.82) is 0 Å². The number of hydrogen-bond acceptors (Lipinski definition) is 6. The quantitative estimate of drug-likeness (QED) is 0.202. The Morgan fingerprint density at radius 3 is 2.37 bits per heavy atom. The second-order valence-electron chi connectivity index (χ2n) is 9.41. The number of fused-ring (bicyclic) bond motifs is 1. The van der Waals surface area contributed by atoms with Crippen LogP contribution >= 0.6 is 34.8 Å². The van der Waals surface area contributed by atoms with Crippen LogP contribution in [0, 0.1) is 5.82 Å². The van der Waals surface area contributed by atoms with Gasteiger partial charge in [-0.15, -0.1) is 0 Å². The number of carboxylic acid groups (broad SMARTS) is 1. The Kier molecular flexibility index (Phi) is 11.2. The van der Waals surface area contributed by atoms with E-state index in [1.807, 2.05) is 0 Å². The van der Waals surface area contributed by atoms with Gasteiger partial charge in [-0.05, 0) is 73.0 Å². The molecule has 0 bridgehead atoms. The Morgan fingerprint density at radius 1 is 0.930 bits per heavy atom. The van der Waals surface area contributed by atoms with Crippen molar-refractivity contribution >= 4 is 46.7 Å². The predicted molar refractivity (Wildman–Crippen MR) is 154 cm³/mol. The number of aliphatic carboxylic acids is 1. The Labute approximate surface area is 284 Å². The van der Waals surface area contributed by atoms with Crippen LogP contribution in [0.25, 0.3) is 0 Å². The first kappa shape index (κ1) is 32.9. The summed E-state index contributed by atoms with van der Waals surface area (Å²) in [5.41, 5.74) is 1.41. The maximum Gasteiger partial charge on any atom is 1.00 e. The minimum atomic E-state index is -1.20. The standard InChI is InChI=1S/C31H23Cl3FNO6.Na/c32-25-9-8-22(15-26(25)33)42-36(12-10-18-2-1-3-20(35)14-18)30(37)19-4-6-21(7-5-19)41-29-17-28-24(16-27(29)34)23(31(38)39)11-13-40-28;/h1-9,14-17,23H,10-13H2,(H,38,39);/q;+1/p-1. The molecule has 0 aromatic heterocycles. The molecule has 0 saturated carbocycles. The van der Waals surface area contributed by atoms with Crippen molar-refractivity contribution in [2.75, 3.05) is 13.2 Å². The number of ether oxygens (including phenoxy) is 2. The van der Waals surface area contributed by atoms with Crippen LogP contribution in [-0.4, -0.2) is 30.1 Å². The molecule has 5 rings (SSSR count). The van der Waals surface area contributed by atoms with Crippen LogP contribution in [0.3, 0.4) is 0 Å². The van der Waals surface area contributed by atoms with E-state index < -0.39 is 17.8 Å². The number of benzene rings is 4. The Balaban J connectivity index is 0.00000423. The minimum absolute atomic E-state index is 0. The Morgan fingerprint density at radius 2 is 1.67 bits per heavy atom. The average Bonchev–Trinajstić information content (AvgIpc) is 2.97. The van der Waals surface area contributed by atoms with Gasteiger partial charge in [-0.25, -0.2) is 4.39 Å². The molecule has 216 valence electrons. The maximum absolute atomic E-state index is 13.7. The van der Waals surface area contributed by atoms with E-state index >= 15 is 0 Å². The van der Waals surface area contributed by atoms with E-state index in [2.05, 4.69) is 0 Å². The van der Waals surface area contributed by atoms with E-state index in [9.17, 15) is 19.1 Å². The van der Waals surface area contributed by atoms with Gasteiger partial charge in [0, 0.05) is 35.1 Å². The molecule has 0 saturated heterocycles. The van der Waals surface area contributed by atoms with Gasteiger partial charge in [0.15, 0.2) is 5.75 Å². The second-order valence-corrected chi connectivity index (χ2v) is 10.6. The third-order valence-corrected chi connectivity index (χ3v) is 7.58. The molecule has 0 fully saturated rings. The molecule has 0 radical (unpaired) electrons. The van der Waals surface area contributed by atoms with Crippen LogP contribution in [0.2, 0.25) is 15.1 Å². The van der Waals surface area contributed by atoms with Crippen molar-refractivity contribution in [2.45, 2.75) is 18.8 Å². The molecule has 4 aromatic rings. The summed E-state index contributed by atoms with van der Waals surface area (Å²) >= 11 is 18.5. The van der Waals surface area contributed by atoms with Gasteiger partial charge in [0.1, 0.15) is 23.1 Å². The molecule has 4 aromatic carbocycles. The molecule has 1 unspecified atom stereocenters. The van der Waals surface area contributed by atoms with Crippen molar-refractivity contribution in [1.82, 2.24) is 5.06 Å². The number of rotatable bonds is 9. The van der Waals surface area contributed by atoms with Crippen LogP contribution in [-0.2, 0) is 11.2 Å². The van der Waals surface area contributed by atoms with E-state index in [1.165, 1.54) is 30.3 Å². The van der Waals surface area contributed by atoms with Gasteiger partial charge in [0.05, 0.1) is 28.2 Å². The molecule has 1 aliphatic heterocycles. The normalized spacial score (nSPS) is 13.6. The van der Waals surface area contributed by atoms with Crippen LogP contribution in [0.5, 0.6) is 23.0 Å². The monoisotopic (exact) mass is 651 g/mol. The number of halogens is 4. The van der Waals surface area contributed by atoms with E-state index in [0.717, 1.165) is 5.06 Å². The van der Waals surface area contributed by atoms with Crippen molar-refractivity contribution < 1.29 is 63.0 Å². The number of hydroxylamine groups is 2. The Bertz CT molecular complexity index is 1640. The zero-order chi connectivity index (χ0) is 29.8. The fourth-order valence-electron chi connectivity index (χ4n) is 4.42. The molecule has 0 aliphatic carbocycles. The zero-order valence-electron chi connectivity index (χ0n) is 22.8. The van der Waals surface area contributed by atoms with Crippen molar-refractivity contribution in [3.05, 3.63) is 116 Å². The summed E-state index contributed by atoms with van der Waals surface area (Å²) in [7, 11) is 0. The Hall–Kier alpha value is -2.98. The molecular formula is C31H22Cl3FNNaO6. The fraction of sp³-hybridized carbons (Fsp3) is 0.161. The number of carbonyl (C=O) groups is 2. The van der Waals surface area contributed by atoms with Gasteiger partial charge in [-0.1, -0.05) is 46.9 Å². The van der Waals surface area contributed by atoms with E-state index in [4.69, 9.17) is 49.1 Å². The maximum atomic E-state index is 13.7. The molecular weight excluding hydrogens is 631 g/mol. The zero-order valence-corrected chi connectivity index (χ0v) is 27.1. The summed E-state index contributed by atoms with van der Waals surface area (Å²) in [6.07, 6.45) is 0.610. The van der Waals surface area contributed by atoms with Crippen molar-refractivity contribution in [3.63, 3.8) is 0 Å². The summed E-state index contributed by atoms with van der Waals surface area (Å²) in [6, 6.07) is 20.0. The third-order valence-electron chi connectivity index (χ3n) is 6.54. The largest absolute Gasteiger partial charge is 1.00 e. The topological polar surface area (TPSA) is 88.1 Å². The van der Waals surface area contributed by atoms with E-state index in [0.29, 0.717) is 45.4 Å². The summed E-state index contributed by atoms with van der Waals surface area (Å²) < 4.78 is 25.2. The van der Waals surface area contributed by atoms with Crippen molar-refractivity contribution in [2.24, 2.45) is 0 Å². The molecule has 43 heavy (non-hydrogen) atoms. The van der Waals surface area contributed by atoms with Crippen LogP contribution in [0.4, 0.5) is 4.39 Å². The predicted octanol–water partition coefficient (Wildman–Crippen LogP) is 3.88. The summed E-state index contributed by atoms with van der Waals surface area (Å²) in [5, 5.41) is 13.4. The molecule has 1 aliphatic rings. The van der Waals surface area contributed by atoms with E-state index in [1.54, 1.807) is 48.5 Å². The van der Waals surface area contributed by atoms with Crippen molar-refractivity contribution in [3.8, 4) is 23.0 Å². The van der Waals surface area contributed by atoms with Crippen LogP contribution < -0.4 is 49.0 Å². The third kappa shape index (κ3) is 8.15.